The largest absolute Gasteiger partial charge is 0.444 e. The molecule has 2 heterocycles. The fraction of sp³-hybridized carbons (Fsp3) is 0.357. The summed E-state index contributed by atoms with van der Waals surface area (Å²) in [4.78, 5) is 55.1. The third-order valence-electron chi connectivity index (χ3n) is 6.13. The van der Waals surface area contributed by atoms with Gasteiger partial charge in [0, 0.05) is 35.8 Å². The maximum absolute atomic E-state index is 13.0. The third-order valence-corrected chi connectivity index (χ3v) is 6.13. The Morgan fingerprint density at radius 2 is 1.74 bits per heavy atom. The molecule has 11 nitrogen and oxygen atoms in total. The van der Waals surface area contributed by atoms with Crippen LogP contribution >= 0.6 is 0 Å². The predicted octanol–water partition coefficient (Wildman–Crippen LogP) is 3.34. The Morgan fingerprint density at radius 3 is 2.54 bits per heavy atom. The minimum atomic E-state index is -1.08. The Labute approximate surface area is 226 Å². The van der Waals surface area contributed by atoms with E-state index in [1.165, 1.54) is 0 Å². The highest BCUT2D eigenvalue weighted by Crippen LogP contribution is 2.26. The highest BCUT2D eigenvalue weighted by Gasteiger charge is 2.27. The topological polar surface area (TPSA) is 142 Å². The molecule has 2 aromatic carbocycles. The van der Waals surface area contributed by atoms with Crippen molar-refractivity contribution in [3.05, 3.63) is 65.9 Å². The molecule has 3 aromatic rings. The molecule has 4 N–H and O–H groups in total. The molecule has 0 saturated heterocycles. The Hall–Kier alpha value is -4.54. The van der Waals surface area contributed by atoms with Crippen LogP contribution in [0, 0.1) is 0 Å². The summed E-state index contributed by atoms with van der Waals surface area (Å²) in [6, 6.07) is 14.1. The number of amides is 4. The van der Waals surface area contributed by atoms with Gasteiger partial charge in [0.25, 0.3) is 11.8 Å². The molecular weight excluding hydrogens is 502 g/mol. The minimum absolute atomic E-state index is 0.124. The lowest BCUT2D eigenvalue weighted by molar-refractivity contribution is -0.124. The molecule has 0 saturated carbocycles. The van der Waals surface area contributed by atoms with Gasteiger partial charge in [-0.1, -0.05) is 36.4 Å². The van der Waals surface area contributed by atoms with E-state index in [4.69, 9.17) is 9.47 Å². The zero-order valence-corrected chi connectivity index (χ0v) is 22.2. The van der Waals surface area contributed by atoms with Crippen molar-refractivity contribution in [1.29, 1.82) is 0 Å². The molecule has 4 rings (SSSR count). The molecule has 1 aromatic heterocycles. The number of hydrogen-bond donors (Lipinski definition) is 4. The summed E-state index contributed by atoms with van der Waals surface area (Å²) in [6.07, 6.45) is 1.78. The molecule has 0 bridgehead atoms. The molecule has 0 radical (unpaired) electrons. The summed E-state index contributed by atoms with van der Waals surface area (Å²) >= 11 is 0. The van der Waals surface area contributed by atoms with Crippen LogP contribution in [0.5, 0.6) is 0 Å². The number of anilines is 1. The number of hydrazine groups is 1. The number of alkyl carbamates (subject to hydrolysis) is 1. The van der Waals surface area contributed by atoms with Gasteiger partial charge in [-0.25, -0.2) is 15.0 Å². The summed E-state index contributed by atoms with van der Waals surface area (Å²) in [5, 5.41) is 3.46. The van der Waals surface area contributed by atoms with E-state index in [0.29, 0.717) is 6.54 Å². The lowest BCUT2D eigenvalue weighted by Crippen LogP contribution is -2.54. The number of para-hydroxylation sites is 2. The zero-order valence-electron chi connectivity index (χ0n) is 22.2. The van der Waals surface area contributed by atoms with Crippen molar-refractivity contribution in [2.24, 2.45) is 0 Å². The van der Waals surface area contributed by atoms with Crippen molar-refractivity contribution in [2.45, 2.75) is 51.7 Å². The van der Waals surface area contributed by atoms with Crippen LogP contribution in [-0.2, 0) is 31.9 Å². The first-order valence-corrected chi connectivity index (χ1v) is 12.8. The van der Waals surface area contributed by atoms with Gasteiger partial charge in [-0.05, 0) is 56.9 Å². The van der Waals surface area contributed by atoms with E-state index in [1.54, 1.807) is 31.9 Å². The van der Waals surface area contributed by atoms with Crippen molar-refractivity contribution in [3.63, 3.8) is 0 Å². The van der Waals surface area contributed by atoms with Gasteiger partial charge in [-0.3, -0.25) is 15.0 Å². The fourth-order valence-electron chi connectivity index (χ4n) is 4.41. The van der Waals surface area contributed by atoms with E-state index in [1.807, 2.05) is 48.5 Å². The first kappa shape index (κ1) is 27.5. The van der Waals surface area contributed by atoms with E-state index in [-0.39, 0.29) is 12.3 Å². The molecular formula is C28H33N5O6. The molecule has 1 aliphatic rings. The molecule has 0 unspecified atom stereocenters. The predicted molar refractivity (Wildman–Crippen MR) is 145 cm³/mol. The number of aryl methyl sites for hydroxylation is 1. The maximum atomic E-state index is 13.0. The van der Waals surface area contributed by atoms with Gasteiger partial charge in [0.2, 0.25) is 0 Å². The Kier molecular flexibility index (Phi) is 8.38. The van der Waals surface area contributed by atoms with E-state index >= 15 is 0 Å². The zero-order chi connectivity index (χ0) is 28.0. The number of aromatic amines is 1. The second-order valence-corrected chi connectivity index (χ2v) is 10.2. The molecule has 0 aliphatic carbocycles. The number of aromatic nitrogens is 1. The van der Waals surface area contributed by atoms with Crippen LogP contribution in [0.4, 0.5) is 15.3 Å². The van der Waals surface area contributed by atoms with Gasteiger partial charge >= 0.3 is 12.2 Å². The highest BCUT2D eigenvalue weighted by atomic mass is 16.6. The SMILES string of the molecule is CC(C)(C)OC(=O)N[C@@H](Cc1c[nH]c2ccccc12)C(=O)NNC(=O)OCC(=O)N1CCCc2ccccc21. The van der Waals surface area contributed by atoms with Crippen LogP contribution in [0.1, 0.15) is 38.3 Å². The lowest BCUT2D eigenvalue weighted by atomic mass is 10.0. The van der Waals surface area contributed by atoms with Crippen LogP contribution in [0.15, 0.2) is 54.7 Å². The van der Waals surface area contributed by atoms with Gasteiger partial charge in [0.05, 0.1) is 0 Å². The summed E-state index contributed by atoms with van der Waals surface area (Å²) in [5.74, 6) is -1.06. The standard InChI is InChI=1S/C28H33N5O6/c1-28(2,3)39-26(36)30-22(15-19-16-29-21-12-6-5-11-20(19)21)25(35)31-32-27(37)38-17-24(34)33-14-8-10-18-9-4-7-13-23(18)33/h4-7,9,11-13,16,22,29H,8,10,14-15,17H2,1-3H3,(H,30,36)(H,31,35)(H,32,37)/t22-/m0/s1. The second kappa shape index (κ2) is 11.9. The number of H-pyrrole nitrogens is 1. The van der Waals surface area contributed by atoms with Crippen LogP contribution in [-0.4, -0.2) is 53.8 Å². The van der Waals surface area contributed by atoms with Gasteiger partial charge in [-0.15, -0.1) is 0 Å². The van der Waals surface area contributed by atoms with Crippen molar-refractivity contribution in [2.75, 3.05) is 18.1 Å². The summed E-state index contributed by atoms with van der Waals surface area (Å²) < 4.78 is 10.3. The first-order chi connectivity index (χ1) is 18.6. The quantitative estimate of drug-likeness (QED) is 0.357. The highest BCUT2D eigenvalue weighted by molar-refractivity contribution is 5.96. The van der Waals surface area contributed by atoms with Crippen LogP contribution in [0.3, 0.4) is 0 Å². The smallest absolute Gasteiger partial charge is 0.426 e. The lowest BCUT2D eigenvalue weighted by Gasteiger charge is -2.29. The van der Waals surface area contributed by atoms with Gasteiger partial charge < -0.3 is 24.7 Å². The van der Waals surface area contributed by atoms with Crippen LogP contribution in [0.2, 0.25) is 0 Å². The van der Waals surface area contributed by atoms with Crippen LogP contribution < -0.4 is 21.1 Å². The summed E-state index contributed by atoms with van der Waals surface area (Å²) in [7, 11) is 0. The molecule has 4 amide bonds. The normalized spacial score (nSPS) is 13.7. The van der Waals surface area contributed by atoms with Crippen molar-refractivity contribution < 1.29 is 28.7 Å². The van der Waals surface area contributed by atoms with E-state index in [2.05, 4.69) is 21.2 Å². The number of nitrogens with one attached hydrogen (secondary N) is 4. The molecule has 1 aliphatic heterocycles. The number of rotatable bonds is 6. The average Bonchev–Trinajstić information content (AvgIpc) is 3.31. The maximum Gasteiger partial charge on any atom is 0.426 e. The van der Waals surface area contributed by atoms with Gasteiger partial charge in [0.1, 0.15) is 11.6 Å². The van der Waals surface area contributed by atoms with Gasteiger partial charge in [0.15, 0.2) is 6.61 Å². The van der Waals surface area contributed by atoms with E-state index < -0.39 is 36.3 Å². The number of hydrogen-bond acceptors (Lipinski definition) is 6. The molecule has 11 heteroatoms. The second-order valence-electron chi connectivity index (χ2n) is 10.2. The Bertz CT molecular complexity index is 1360. The Morgan fingerprint density at radius 1 is 1.00 bits per heavy atom. The fourth-order valence-corrected chi connectivity index (χ4v) is 4.41. The molecule has 0 fully saturated rings. The van der Waals surface area contributed by atoms with E-state index in [9.17, 15) is 19.2 Å². The summed E-state index contributed by atoms with van der Waals surface area (Å²) in [6.45, 7) is 5.17. The summed E-state index contributed by atoms with van der Waals surface area (Å²) in [5.41, 5.74) is 7.18. The molecule has 206 valence electrons. The Balaban J connectivity index is 1.34. The first-order valence-electron chi connectivity index (χ1n) is 12.8. The third kappa shape index (κ3) is 7.28. The number of benzene rings is 2. The molecule has 39 heavy (non-hydrogen) atoms. The number of carbonyl (C=O) groups is 4. The number of nitrogens with zero attached hydrogens (tertiary/aromatic N) is 1. The number of fused-ring (bicyclic) bond motifs is 2. The van der Waals surface area contributed by atoms with Crippen molar-refractivity contribution in [1.82, 2.24) is 21.2 Å². The number of carbonyl (C=O) groups excluding carboxylic acids is 4. The van der Waals surface area contributed by atoms with Crippen molar-refractivity contribution in [3.8, 4) is 0 Å². The molecule has 1 atom stereocenters. The average molecular weight is 536 g/mol. The van der Waals surface area contributed by atoms with Crippen LogP contribution in [0.25, 0.3) is 10.9 Å². The monoisotopic (exact) mass is 535 g/mol. The van der Waals surface area contributed by atoms with Gasteiger partial charge in [-0.2, -0.15) is 0 Å². The molecule has 0 spiro atoms. The number of ether oxygens (including phenoxy) is 2. The van der Waals surface area contributed by atoms with E-state index in [0.717, 1.165) is 40.6 Å². The van der Waals surface area contributed by atoms with Crippen molar-refractivity contribution >= 4 is 40.6 Å². The minimum Gasteiger partial charge on any atom is -0.444 e.